The third kappa shape index (κ3) is 1.45. The zero-order valence-electron chi connectivity index (χ0n) is 8.23. The molecular weight excluding hydrogens is 206 g/mol. The highest BCUT2D eigenvalue weighted by molar-refractivity contribution is 7.21. The monoisotopic (exact) mass is 215 g/mol. The quantitative estimate of drug-likeness (QED) is 0.616. The van der Waals surface area contributed by atoms with Crippen LogP contribution in [-0.4, -0.2) is 4.98 Å². The summed E-state index contributed by atoms with van der Waals surface area (Å²) in [6.45, 7) is 2.09. The van der Waals surface area contributed by atoms with Crippen molar-refractivity contribution in [3.8, 4) is 10.8 Å². The molecule has 0 N–H and O–H groups in total. The number of aryl methyl sites for hydroxylation is 1. The van der Waals surface area contributed by atoms with Gasteiger partial charge in [-0.1, -0.05) is 6.07 Å². The van der Waals surface area contributed by atoms with Crippen molar-refractivity contribution in [3.63, 3.8) is 0 Å². The van der Waals surface area contributed by atoms with Crippen LogP contribution in [0.1, 0.15) is 5.56 Å². The van der Waals surface area contributed by atoms with E-state index in [0.717, 1.165) is 16.3 Å². The molecule has 0 unspecified atom stereocenters. The lowest BCUT2D eigenvalue weighted by Gasteiger charge is -1.88. The van der Waals surface area contributed by atoms with Gasteiger partial charge in [-0.25, -0.2) is 4.98 Å². The van der Waals surface area contributed by atoms with Gasteiger partial charge in [0, 0.05) is 0 Å². The van der Waals surface area contributed by atoms with E-state index in [1.807, 2.05) is 18.2 Å². The molecule has 0 saturated carbocycles. The maximum absolute atomic E-state index is 5.33. The Morgan fingerprint density at radius 3 is 3.00 bits per heavy atom. The van der Waals surface area contributed by atoms with E-state index in [2.05, 4.69) is 24.0 Å². The summed E-state index contributed by atoms with van der Waals surface area (Å²) >= 11 is 1.66. The van der Waals surface area contributed by atoms with Gasteiger partial charge in [0.05, 0.1) is 16.5 Å². The second kappa shape index (κ2) is 3.21. The maximum atomic E-state index is 5.33. The van der Waals surface area contributed by atoms with Gasteiger partial charge in [0.15, 0.2) is 10.8 Å². The third-order valence-electron chi connectivity index (χ3n) is 2.28. The molecule has 2 aromatic heterocycles. The molecule has 0 fully saturated rings. The topological polar surface area (TPSA) is 26.0 Å². The number of hydrogen-bond donors (Lipinski definition) is 0. The van der Waals surface area contributed by atoms with E-state index >= 15 is 0 Å². The molecule has 15 heavy (non-hydrogen) atoms. The molecule has 3 heteroatoms. The second-order valence-corrected chi connectivity index (χ2v) is 4.50. The number of fused-ring (bicyclic) bond motifs is 1. The molecule has 0 atom stereocenters. The van der Waals surface area contributed by atoms with Crippen molar-refractivity contribution in [2.75, 3.05) is 0 Å². The van der Waals surface area contributed by atoms with Crippen molar-refractivity contribution in [2.45, 2.75) is 6.92 Å². The Kier molecular flexibility index (Phi) is 1.86. The van der Waals surface area contributed by atoms with E-state index in [4.69, 9.17) is 4.42 Å². The number of nitrogens with zero attached hydrogens (tertiary/aromatic N) is 1. The first kappa shape index (κ1) is 8.68. The highest BCUT2D eigenvalue weighted by Crippen LogP contribution is 2.30. The van der Waals surface area contributed by atoms with Gasteiger partial charge in [0.25, 0.3) is 0 Å². The Morgan fingerprint density at radius 2 is 2.20 bits per heavy atom. The number of benzene rings is 1. The lowest BCUT2D eigenvalue weighted by Crippen LogP contribution is -1.71. The van der Waals surface area contributed by atoms with E-state index in [1.165, 1.54) is 10.3 Å². The van der Waals surface area contributed by atoms with Crippen LogP contribution in [0, 0.1) is 6.92 Å². The van der Waals surface area contributed by atoms with E-state index in [1.54, 1.807) is 17.6 Å². The van der Waals surface area contributed by atoms with Crippen molar-refractivity contribution in [3.05, 3.63) is 42.2 Å². The smallest absolute Gasteiger partial charge is 0.162 e. The molecule has 0 aliphatic rings. The van der Waals surface area contributed by atoms with Crippen LogP contribution in [-0.2, 0) is 0 Å². The molecule has 2 nitrogen and oxygen atoms in total. The average molecular weight is 215 g/mol. The Balaban J connectivity index is 2.22. The first-order valence-corrected chi connectivity index (χ1v) is 5.56. The Bertz CT molecular complexity index is 595. The van der Waals surface area contributed by atoms with Crippen LogP contribution in [0.3, 0.4) is 0 Å². The highest BCUT2D eigenvalue weighted by atomic mass is 32.1. The van der Waals surface area contributed by atoms with Crippen molar-refractivity contribution in [2.24, 2.45) is 0 Å². The van der Waals surface area contributed by atoms with Crippen LogP contribution in [0.2, 0.25) is 0 Å². The first-order chi connectivity index (χ1) is 7.33. The molecular formula is C12H9NOS. The van der Waals surface area contributed by atoms with E-state index in [0.29, 0.717) is 0 Å². The van der Waals surface area contributed by atoms with Gasteiger partial charge in [-0.2, -0.15) is 0 Å². The molecule has 0 spiro atoms. The fraction of sp³-hybridized carbons (Fsp3) is 0.0833. The molecule has 0 amide bonds. The van der Waals surface area contributed by atoms with Crippen molar-refractivity contribution in [1.82, 2.24) is 4.98 Å². The minimum atomic E-state index is 0.842. The number of hydrogen-bond acceptors (Lipinski definition) is 3. The fourth-order valence-electron chi connectivity index (χ4n) is 1.54. The van der Waals surface area contributed by atoms with E-state index in [9.17, 15) is 0 Å². The molecule has 0 aliphatic heterocycles. The summed E-state index contributed by atoms with van der Waals surface area (Å²) < 4.78 is 6.54. The normalized spacial score (nSPS) is 11.0. The molecule has 3 rings (SSSR count). The summed E-state index contributed by atoms with van der Waals surface area (Å²) in [6, 6.07) is 10.1. The van der Waals surface area contributed by atoms with Crippen LogP contribution in [0.5, 0.6) is 0 Å². The molecule has 0 aliphatic carbocycles. The van der Waals surface area contributed by atoms with Crippen molar-refractivity contribution >= 4 is 21.6 Å². The molecule has 2 heterocycles. The lowest BCUT2D eigenvalue weighted by atomic mass is 10.2. The number of thiazole rings is 1. The van der Waals surface area contributed by atoms with Gasteiger partial charge < -0.3 is 4.42 Å². The van der Waals surface area contributed by atoms with Crippen LogP contribution < -0.4 is 0 Å². The van der Waals surface area contributed by atoms with Crippen LogP contribution in [0.4, 0.5) is 0 Å². The summed E-state index contributed by atoms with van der Waals surface area (Å²) in [4.78, 5) is 4.52. The molecule has 0 radical (unpaired) electrons. The lowest BCUT2D eigenvalue weighted by molar-refractivity contribution is 0.582. The van der Waals surface area contributed by atoms with Gasteiger partial charge in [-0.15, -0.1) is 11.3 Å². The van der Waals surface area contributed by atoms with Crippen LogP contribution in [0.15, 0.2) is 41.0 Å². The molecule has 0 saturated heterocycles. The standard InChI is InChI=1S/C12H9NOS/c1-8-4-5-9-11(7-8)15-12(13-9)10-3-2-6-14-10/h2-7H,1H3. The molecule has 1 aromatic carbocycles. The summed E-state index contributed by atoms with van der Waals surface area (Å²) in [5.41, 5.74) is 2.30. The number of furan rings is 1. The Morgan fingerprint density at radius 1 is 1.27 bits per heavy atom. The third-order valence-corrected chi connectivity index (χ3v) is 3.31. The van der Waals surface area contributed by atoms with E-state index < -0.39 is 0 Å². The number of aromatic nitrogens is 1. The zero-order valence-corrected chi connectivity index (χ0v) is 9.04. The van der Waals surface area contributed by atoms with Crippen molar-refractivity contribution < 1.29 is 4.42 Å². The second-order valence-electron chi connectivity index (χ2n) is 3.47. The Labute approximate surface area is 91.2 Å². The van der Waals surface area contributed by atoms with Crippen molar-refractivity contribution in [1.29, 1.82) is 0 Å². The zero-order chi connectivity index (χ0) is 10.3. The summed E-state index contributed by atoms with van der Waals surface area (Å²) in [5.74, 6) is 0.842. The summed E-state index contributed by atoms with van der Waals surface area (Å²) in [5, 5.41) is 0.945. The van der Waals surface area contributed by atoms with Gasteiger partial charge in [-0.05, 0) is 36.8 Å². The Hall–Kier alpha value is -1.61. The predicted octanol–water partition coefficient (Wildman–Crippen LogP) is 3.86. The molecule has 74 valence electrons. The predicted molar refractivity (Wildman–Crippen MR) is 62.1 cm³/mol. The SMILES string of the molecule is Cc1ccc2nc(-c3ccco3)sc2c1. The average Bonchev–Trinajstić information content (AvgIpc) is 2.84. The van der Waals surface area contributed by atoms with Gasteiger partial charge >= 0.3 is 0 Å². The summed E-state index contributed by atoms with van der Waals surface area (Å²) in [6.07, 6.45) is 1.67. The minimum absolute atomic E-state index is 0.842. The van der Waals surface area contributed by atoms with Gasteiger partial charge in [0.2, 0.25) is 0 Å². The largest absolute Gasteiger partial charge is 0.462 e. The van der Waals surface area contributed by atoms with Gasteiger partial charge in [0.1, 0.15) is 0 Å². The van der Waals surface area contributed by atoms with Crippen LogP contribution in [0.25, 0.3) is 21.0 Å². The summed E-state index contributed by atoms with van der Waals surface area (Å²) in [7, 11) is 0. The fourth-order valence-corrected chi connectivity index (χ4v) is 2.57. The number of rotatable bonds is 1. The highest BCUT2D eigenvalue weighted by Gasteiger charge is 2.07. The maximum Gasteiger partial charge on any atom is 0.162 e. The first-order valence-electron chi connectivity index (χ1n) is 4.74. The van der Waals surface area contributed by atoms with Gasteiger partial charge in [-0.3, -0.25) is 0 Å². The van der Waals surface area contributed by atoms with E-state index in [-0.39, 0.29) is 0 Å². The molecule has 0 bridgehead atoms. The van der Waals surface area contributed by atoms with Crippen LogP contribution >= 0.6 is 11.3 Å². The molecule has 3 aromatic rings. The minimum Gasteiger partial charge on any atom is -0.462 e.